The van der Waals surface area contributed by atoms with E-state index >= 15 is 0 Å². The van der Waals surface area contributed by atoms with Crippen LogP contribution in [0.5, 0.6) is 0 Å². The number of hydrogen-bond donors (Lipinski definition) is 0. The Morgan fingerprint density at radius 1 is 1.33 bits per heavy atom. The number of carbonyl (C=O) groups is 2. The van der Waals surface area contributed by atoms with E-state index in [1.165, 1.54) is 0 Å². The maximum Gasteiger partial charge on any atom is 0.307 e. The third kappa shape index (κ3) is 3.43. The molecule has 0 unspecified atom stereocenters. The Morgan fingerprint density at radius 2 is 2.08 bits per heavy atom. The smallest absolute Gasteiger partial charge is 0.307 e. The van der Waals surface area contributed by atoms with Crippen LogP contribution < -0.4 is 4.90 Å². The number of esters is 1. The predicted molar refractivity (Wildman–Crippen MR) is 90.9 cm³/mol. The molecule has 2 aromatic rings. The van der Waals surface area contributed by atoms with Gasteiger partial charge in [0.15, 0.2) is 0 Å². The molecule has 0 fully saturated rings. The summed E-state index contributed by atoms with van der Waals surface area (Å²) in [6.45, 7) is 2.93. The molecule has 3 rings (SSSR count). The van der Waals surface area contributed by atoms with Crippen molar-refractivity contribution < 1.29 is 14.3 Å². The summed E-state index contributed by atoms with van der Waals surface area (Å²) < 4.78 is 6.73. The van der Waals surface area contributed by atoms with E-state index < -0.39 is 0 Å². The van der Waals surface area contributed by atoms with Crippen molar-refractivity contribution in [1.82, 2.24) is 9.78 Å². The molecule has 0 aliphatic carbocycles. The summed E-state index contributed by atoms with van der Waals surface area (Å²) in [5.74, 6) is 0.398. The van der Waals surface area contributed by atoms with Gasteiger partial charge in [0.05, 0.1) is 25.3 Å². The van der Waals surface area contributed by atoms with Crippen LogP contribution in [0.3, 0.4) is 0 Å². The minimum Gasteiger partial charge on any atom is -0.466 e. The van der Waals surface area contributed by atoms with Crippen molar-refractivity contribution in [2.24, 2.45) is 0 Å². The molecule has 24 heavy (non-hydrogen) atoms. The largest absolute Gasteiger partial charge is 0.466 e. The molecule has 0 saturated heterocycles. The normalized spacial score (nSPS) is 13.8. The summed E-state index contributed by atoms with van der Waals surface area (Å²) in [6.07, 6.45) is 0.540. The van der Waals surface area contributed by atoms with Gasteiger partial charge in [-0.2, -0.15) is 5.10 Å². The zero-order valence-corrected chi connectivity index (χ0v) is 14.1. The Kier molecular flexibility index (Phi) is 4.85. The van der Waals surface area contributed by atoms with Crippen LogP contribution in [0.25, 0.3) is 11.3 Å². The number of nitrogens with zero attached hydrogens (tertiary/aromatic N) is 3. The number of rotatable bonds is 5. The average Bonchev–Trinajstić information content (AvgIpc) is 2.99. The topological polar surface area (TPSA) is 64.4 Å². The third-order valence-corrected chi connectivity index (χ3v) is 4.11. The molecule has 2 heterocycles. The predicted octanol–water partition coefficient (Wildman–Crippen LogP) is 2.89. The molecule has 0 spiro atoms. The Hall–Kier alpha value is -2.34. The minimum atomic E-state index is -0.306. The summed E-state index contributed by atoms with van der Waals surface area (Å²) in [5, 5.41) is 5.22. The summed E-state index contributed by atoms with van der Waals surface area (Å²) in [4.78, 5) is 25.4. The van der Waals surface area contributed by atoms with Crippen molar-refractivity contribution in [2.45, 2.75) is 26.3 Å². The van der Waals surface area contributed by atoms with E-state index in [2.05, 4.69) is 5.10 Å². The van der Waals surface area contributed by atoms with Gasteiger partial charge >= 0.3 is 5.97 Å². The highest BCUT2D eigenvalue weighted by molar-refractivity contribution is 6.30. The molecule has 1 aromatic heterocycles. The quantitative estimate of drug-likeness (QED) is 0.780. The zero-order valence-electron chi connectivity index (χ0n) is 13.4. The summed E-state index contributed by atoms with van der Waals surface area (Å²) in [5.41, 5.74) is 1.71. The van der Waals surface area contributed by atoms with Gasteiger partial charge in [-0.15, -0.1) is 0 Å². The minimum absolute atomic E-state index is 0.00523. The lowest BCUT2D eigenvalue weighted by Crippen LogP contribution is -2.39. The van der Waals surface area contributed by atoms with Crippen molar-refractivity contribution in [2.75, 3.05) is 18.1 Å². The lowest BCUT2D eigenvalue weighted by Gasteiger charge is -2.27. The van der Waals surface area contributed by atoms with Gasteiger partial charge < -0.3 is 4.74 Å². The summed E-state index contributed by atoms with van der Waals surface area (Å²) in [6, 6.07) is 9.26. The number of anilines is 1. The van der Waals surface area contributed by atoms with E-state index in [4.69, 9.17) is 16.3 Å². The molecule has 0 radical (unpaired) electrons. The van der Waals surface area contributed by atoms with E-state index in [-0.39, 0.29) is 18.3 Å². The second-order valence-electron chi connectivity index (χ2n) is 5.47. The van der Waals surface area contributed by atoms with Gasteiger partial charge in [0.25, 0.3) is 0 Å². The van der Waals surface area contributed by atoms with Gasteiger partial charge in [-0.05, 0) is 19.1 Å². The van der Waals surface area contributed by atoms with Crippen LogP contribution in [0.1, 0.15) is 19.8 Å². The van der Waals surface area contributed by atoms with Gasteiger partial charge in [-0.25, -0.2) is 4.68 Å². The van der Waals surface area contributed by atoms with Crippen LogP contribution >= 0.6 is 11.6 Å². The number of aryl methyl sites for hydroxylation is 1. The Balaban J connectivity index is 1.83. The van der Waals surface area contributed by atoms with E-state index in [1.807, 2.05) is 18.2 Å². The first-order chi connectivity index (χ1) is 11.6. The van der Waals surface area contributed by atoms with Crippen LogP contribution in [0.15, 0.2) is 30.3 Å². The number of ether oxygens (including phenoxy) is 1. The highest BCUT2D eigenvalue weighted by atomic mass is 35.5. The zero-order chi connectivity index (χ0) is 17.1. The Morgan fingerprint density at radius 3 is 2.79 bits per heavy atom. The number of fused-ring (bicyclic) bond motifs is 1. The number of carbonyl (C=O) groups excluding carboxylic acids is 2. The maximum atomic E-state index is 12.2. The van der Waals surface area contributed by atoms with Crippen molar-refractivity contribution in [3.05, 3.63) is 35.4 Å². The standard InChI is InChI=1S/C17H18ClN3O3/c1-2-24-17(23)8-9-20-15-11-14(12-3-5-13(18)6-4-12)19-21(15)10-7-16(20)22/h3-6,11H,2,7-10H2,1H3. The molecular formula is C17H18ClN3O3. The molecule has 0 N–H and O–H groups in total. The molecule has 0 saturated carbocycles. The van der Waals surface area contributed by atoms with Crippen molar-refractivity contribution in [3.8, 4) is 11.3 Å². The average molecular weight is 348 g/mol. The maximum absolute atomic E-state index is 12.2. The first-order valence-corrected chi connectivity index (χ1v) is 8.26. The molecule has 1 amide bonds. The van der Waals surface area contributed by atoms with E-state index in [1.54, 1.807) is 28.6 Å². The van der Waals surface area contributed by atoms with Gasteiger partial charge in [0, 0.05) is 29.6 Å². The molecule has 1 aliphatic rings. The molecule has 0 atom stereocenters. The van der Waals surface area contributed by atoms with Gasteiger partial charge in [0.1, 0.15) is 5.82 Å². The highest BCUT2D eigenvalue weighted by Gasteiger charge is 2.26. The third-order valence-electron chi connectivity index (χ3n) is 3.86. The Labute approximate surface area is 145 Å². The van der Waals surface area contributed by atoms with Crippen molar-refractivity contribution >= 4 is 29.3 Å². The Bertz CT molecular complexity index is 755. The summed E-state index contributed by atoms with van der Waals surface area (Å²) >= 11 is 5.92. The molecule has 126 valence electrons. The molecule has 0 bridgehead atoms. The second kappa shape index (κ2) is 7.05. The summed E-state index contributed by atoms with van der Waals surface area (Å²) in [7, 11) is 0. The molecular weight excluding hydrogens is 330 g/mol. The van der Waals surface area contributed by atoms with Gasteiger partial charge in [0.2, 0.25) is 5.91 Å². The number of amides is 1. The van der Waals surface area contributed by atoms with Crippen LogP contribution in [-0.2, 0) is 20.9 Å². The molecule has 1 aliphatic heterocycles. The number of benzene rings is 1. The monoisotopic (exact) mass is 347 g/mol. The lowest BCUT2D eigenvalue weighted by atomic mass is 10.1. The van der Waals surface area contributed by atoms with Crippen LogP contribution in [0, 0.1) is 0 Å². The number of hydrogen-bond acceptors (Lipinski definition) is 4. The van der Waals surface area contributed by atoms with E-state index in [0.717, 1.165) is 11.3 Å². The van der Waals surface area contributed by atoms with Gasteiger partial charge in [-0.3, -0.25) is 14.5 Å². The van der Waals surface area contributed by atoms with Crippen LogP contribution in [0.2, 0.25) is 5.02 Å². The number of halogens is 1. The van der Waals surface area contributed by atoms with Crippen LogP contribution in [-0.4, -0.2) is 34.8 Å². The molecule has 7 heteroatoms. The molecule has 6 nitrogen and oxygen atoms in total. The highest BCUT2D eigenvalue weighted by Crippen LogP contribution is 2.28. The fourth-order valence-corrected chi connectivity index (χ4v) is 2.82. The lowest BCUT2D eigenvalue weighted by molar-refractivity contribution is -0.142. The first kappa shape index (κ1) is 16.5. The van der Waals surface area contributed by atoms with Crippen molar-refractivity contribution in [3.63, 3.8) is 0 Å². The fourth-order valence-electron chi connectivity index (χ4n) is 2.69. The van der Waals surface area contributed by atoms with E-state index in [9.17, 15) is 9.59 Å². The second-order valence-corrected chi connectivity index (χ2v) is 5.90. The number of aromatic nitrogens is 2. The van der Waals surface area contributed by atoms with E-state index in [0.29, 0.717) is 37.0 Å². The van der Waals surface area contributed by atoms with Gasteiger partial charge in [-0.1, -0.05) is 23.7 Å². The van der Waals surface area contributed by atoms with Crippen LogP contribution in [0.4, 0.5) is 5.82 Å². The molecule has 1 aromatic carbocycles. The fraction of sp³-hybridized carbons (Fsp3) is 0.353. The van der Waals surface area contributed by atoms with Crippen molar-refractivity contribution in [1.29, 1.82) is 0 Å². The SMILES string of the molecule is CCOC(=O)CCN1C(=O)CCn2nc(-c3ccc(Cl)cc3)cc21. The first-order valence-electron chi connectivity index (χ1n) is 7.88.